The van der Waals surface area contributed by atoms with Crippen molar-refractivity contribution in [3.05, 3.63) is 33.9 Å². The minimum Gasteiger partial charge on any atom is -0.466 e. The molecule has 1 aliphatic heterocycles. The van der Waals surface area contributed by atoms with Crippen LogP contribution in [0.2, 0.25) is 0 Å². The predicted octanol–water partition coefficient (Wildman–Crippen LogP) is 2.02. The molecule has 0 saturated heterocycles. The highest BCUT2D eigenvalue weighted by Crippen LogP contribution is 2.35. The number of amides is 1. The fraction of sp³-hybridized carbons (Fsp3) is 0.333. The van der Waals surface area contributed by atoms with Gasteiger partial charge in [-0.05, 0) is 18.2 Å². The summed E-state index contributed by atoms with van der Waals surface area (Å²) in [6.07, 6.45) is -4.94. The topological polar surface area (TPSA) is 88.1 Å². The largest absolute Gasteiger partial charge is 0.573 e. The van der Waals surface area contributed by atoms with Gasteiger partial charge in [-0.1, -0.05) is 15.9 Å². The predicted molar refractivity (Wildman–Crippen MR) is 87.2 cm³/mol. The molecule has 7 nitrogen and oxygen atoms in total. The van der Waals surface area contributed by atoms with Gasteiger partial charge < -0.3 is 24.8 Å². The molecule has 1 heterocycles. The van der Waals surface area contributed by atoms with Gasteiger partial charge in [-0.25, -0.2) is 4.79 Å². The van der Waals surface area contributed by atoms with E-state index in [4.69, 9.17) is 5.11 Å². The molecule has 0 spiro atoms. The summed E-state index contributed by atoms with van der Waals surface area (Å²) in [5.74, 6) is -2.04. The third-order valence-electron chi connectivity index (χ3n) is 3.38. The van der Waals surface area contributed by atoms with Crippen LogP contribution in [0, 0.1) is 0 Å². The Balaban J connectivity index is 2.42. The van der Waals surface area contributed by atoms with Crippen molar-refractivity contribution in [2.45, 2.75) is 6.36 Å². The number of aliphatic hydroxyl groups excluding tert-OH is 1. The molecule has 0 fully saturated rings. The van der Waals surface area contributed by atoms with Crippen LogP contribution in [0.1, 0.15) is 0 Å². The first-order valence-corrected chi connectivity index (χ1v) is 7.99. The van der Waals surface area contributed by atoms with Gasteiger partial charge in [0.25, 0.3) is 5.91 Å². The van der Waals surface area contributed by atoms with E-state index in [9.17, 15) is 22.8 Å². The minimum absolute atomic E-state index is 0.0467. The van der Waals surface area contributed by atoms with Gasteiger partial charge in [0.05, 0.1) is 31.5 Å². The summed E-state index contributed by atoms with van der Waals surface area (Å²) in [5.41, 5.74) is -0.480. The van der Waals surface area contributed by atoms with Crippen LogP contribution in [0.5, 0.6) is 5.75 Å². The zero-order valence-electron chi connectivity index (χ0n) is 13.4. The van der Waals surface area contributed by atoms with E-state index in [1.165, 1.54) is 12.1 Å². The van der Waals surface area contributed by atoms with E-state index < -0.39 is 24.0 Å². The van der Waals surface area contributed by atoms with Gasteiger partial charge in [0, 0.05) is 11.0 Å². The first-order valence-electron chi connectivity index (χ1n) is 7.20. The van der Waals surface area contributed by atoms with Gasteiger partial charge in [-0.3, -0.25) is 4.79 Å². The number of β-amino-alcohol motifs (C(OH)–C–C–N with tert-alkyl or cyclic N) is 1. The highest BCUT2D eigenvalue weighted by atomic mass is 79.9. The first-order chi connectivity index (χ1) is 12.2. The summed E-state index contributed by atoms with van der Waals surface area (Å²) in [7, 11) is 1.11. The Morgan fingerprint density at radius 3 is 2.69 bits per heavy atom. The molecule has 0 radical (unpaired) electrons. The highest BCUT2D eigenvalue weighted by molar-refractivity contribution is 9.10. The molecule has 0 bridgehead atoms. The number of hydrogen-bond acceptors (Lipinski definition) is 6. The van der Waals surface area contributed by atoms with E-state index in [1.54, 1.807) is 0 Å². The number of carbonyl (C=O) groups is 2. The van der Waals surface area contributed by atoms with Gasteiger partial charge in [0.15, 0.2) is 5.75 Å². The zero-order chi connectivity index (χ0) is 19.5. The Bertz CT molecular complexity index is 751. The summed E-state index contributed by atoms with van der Waals surface area (Å²) in [4.78, 5) is 25.5. The number of aliphatic hydroxyl groups is 1. The fourth-order valence-electron chi connectivity index (χ4n) is 2.30. The number of methoxy groups -OCH3 is 1. The number of carbonyl (C=O) groups excluding carboxylic acids is 2. The number of halogens is 4. The maximum absolute atomic E-state index is 12.6. The molecule has 2 N–H and O–H groups in total. The van der Waals surface area contributed by atoms with Gasteiger partial charge >= 0.3 is 12.3 Å². The van der Waals surface area contributed by atoms with Gasteiger partial charge in [-0.2, -0.15) is 0 Å². The van der Waals surface area contributed by atoms with Crippen molar-refractivity contribution in [3.63, 3.8) is 0 Å². The molecule has 11 heteroatoms. The average Bonchev–Trinajstić information content (AvgIpc) is 2.85. The second-order valence-electron chi connectivity index (χ2n) is 5.11. The number of nitrogens with zero attached hydrogens (tertiary/aromatic N) is 1. The molecule has 1 aliphatic rings. The molecular weight excluding hydrogens is 425 g/mol. The number of hydrogen-bond donors (Lipinski definition) is 2. The third-order valence-corrected chi connectivity index (χ3v) is 3.87. The molecule has 1 aromatic carbocycles. The quantitative estimate of drug-likeness (QED) is 0.660. The van der Waals surface area contributed by atoms with Gasteiger partial charge in [0.1, 0.15) is 5.70 Å². The van der Waals surface area contributed by atoms with E-state index >= 15 is 0 Å². The average molecular weight is 439 g/mol. The zero-order valence-corrected chi connectivity index (χ0v) is 15.0. The van der Waals surface area contributed by atoms with Gasteiger partial charge in [-0.15, -0.1) is 13.2 Å². The van der Waals surface area contributed by atoms with Crippen LogP contribution >= 0.6 is 15.9 Å². The summed E-state index contributed by atoms with van der Waals surface area (Å²) in [5, 5.41) is 11.5. The molecule has 0 aromatic heterocycles. The van der Waals surface area contributed by atoms with E-state index in [2.05, 4.69) is 30.7 Å². The normalized spacial score (nSPS) is 14.7. The number of esters is 1. The maximum Gasteiger partial charge on any atom is 0.573 e. The molecule has 1 amide bonds. The number of nitrogens with one attached hydrogen (secondary N) is 1. The molecule has 142 valence electrons. The standard InChI is InChI=1S/C15H14BrF3N2O5/c1-25-14(24)9-7-21(4-5-22)13(23)12(9)20-10-6-8(16)2-3-11(10)26-15(17,18)19/h2-3,6,20,22H,4-5,7H2,1H3. The summed E-state index contributed by atoms with van der Waals surface area (Å²) >= 11 is 3.12. The smallest absolute Gasteiger partial charge is 0.466 e. The molecule has 0 aliphatic carbocycles. The van der Waals surface area contributed by atoms with Crippen LogP contribution in [0.15, 0.2) is 33.9 Å². The maximum atomic E-state index is 12.6. The number of rotatable bonds is 6. The first kappa shape index (κ1) is 20.0. The molecule has 0 unspecified atom stereocenters. The second kappa shape index (κ2) is 7.96. The van der Waals surface area contributed by atoms with E-state index in [0.29, 0.717) is 4.47 Å². The summed E-state index contributed by atoms with van der Waals surface area (Å²) < 4.78 is 46.7. The molecule has 0 atom stereocenters. The number of anilines is 1. The van der Waals surface area contributed by atoms with E-state index in [1.807, 2.05) is 0 Å². The monoisotopic (exact) mass is 438 g/mol. The van der Waals surface area contributed by atoms with E-state index in [0.717, 1.165) is 18.1 Å². The molecular formula is C15H14BrF3N2O5. The summed E-state index contributed by atoms with van der Waals surface area (Å²) in [6.45, 7) is -0.528. The third kappa shape index (κ3) is 4.67. The Kier molecular flexibility index (Phi) is 6.13. The SMILES string of the molecule is COC(=O)C1=C(Nc2cc(Br)ccc2OC(F)(F)F)C(=O)N(CCO)C1. The lowest BCUT2D eigenvalue weighted by atomic mass is 10.2. The Labute approximate surface area is 154 Å². The number of benzene rings is 1. The molecule has 26 heavy (non-hydrogen) atoms. The number of ether oxygens (including phenoxy) is 2. The number of alkyl halides is 3. The molecule has 2 rings (SSSR count). The summed E-state index contributed by atoms with van der Waals surface area (Å²) in [6, 6.07) is 3.66. The Morgan fingerprint density at radius 1 is 1.42 bits per heavy atom. The van der Waals surface area contributed by atoms with Crippen molar-refractivity contribution in [3.8, 4) is 5.75 Å². The van der Waals surface area contributed by atoms with Crippen LogP contribution < -0.4 is 10.1 Å². The van der Waals surface area contributed by atoms with Crippen molar-refractivity contribution in [1.82, 2.24) is 4.90 Å². The van der Waals surface area contributed by atoms with Crippen LogP contribution in [-0.2, 0) is 14.3 Å². The minimum atomic E-state index is -4.94. The Hall–Kier alpha value is -2.27. The van der Waals surface area contributed by atoms with Crippen molar-refractivity contribution in [2.75, 3.05) is 32.1 Å². The lowest BCUT2D eigenvalue weighted by molar-refractivity contribution is -0.274. The van der Waals surface area contributed by atoms with Crippen LogP contribution in [-0.4, -0.2) is 55.1 Å². The molecule has 1 aromatic rings. The van der Waals surface area contributed by atoms with E-state index in [-0.39, 0.29) is 36.7 Å². The lowest BCUT2D eigenvalue weighted by Gasteiger charge is -2.17. The molecule has 0 saturated carbocycles. The second-order valence-corrected chi connectivity index (χ2v) is 6.02. The van der Waals surface area contributed by atoms with Crippen molar-refractivity contribution in [1.29, 1.82) is 0 Å². The van der Waals surface area contributed by atoms with Crippen molar-refractivity contribution < 1.29 is 37.3 Å². The van der Waals surface area contributed by atoms with Crippen LogP contribution in [0.4, 0.5) is 18.9 Å². The van der Waals surface area contributed by atoms with Crippen LogP contribution in [0.3, 0.4) is 0 Å². The van der Waals surface area contributed by atoms with Crippen molar-refractivity contribution >= 4 is 33.5 Å². The van der Waals surface area contributed by atoms with Crippen molar-refractivity contribution in [2.24, 2.45) is 0 Å². The highest BCUT2D eigenvalue weighted by Gasteiger charge is 2.36. The van der Waals surface area contributed by atoms with Crippen LogP contribution in [0.25, 0.3) is 0 Å². The fourth-order valence-corrected chi connectivity index (χ4v) is 2.66. The lowest BCUT2D eigenvalue weighted by Crippen LogP contribution is -2.31. The Morgan fingerprint density at radius 2 is 2.12 bits per heavy atom. The van der Waals surface area contributed by atoms with Gasteiger partial charge in [0.2, 0.25) is 0 Å².